The predicted octanol–water partition coefficient (Wildman–Crippen LogP) is 0.621. The molecule has 0 aromatic carbocycles. The van der Waals surface area contributed by atoms with E-state index >= 15 is 0 Å². The number of hydrogen-bond acceptors (Lipinski definition) is 9. The molecule has 0 aliphatic carbocycles. The third-order valence-electron chi connectivity index (χ3n) is 3.64. The molecule has 0 aliphatic rings. The lowest BCUT2D eigenvalue weighted by Gasteiger charge is -2.03. The monoisotopic (exact) mass is 396 g/mol. The largest absolute Gasteiger partial charge is 0.461 e. The number of rotatable bonds is 5. The molecule has 0 unspecified atom stereocenters. The Morgan fingerprint density at radius 1 is 1.31 bits per heavy atom. The van der Waals surface area contributed by atoms with Crippen LogP contribution < -0.4 is 10.6 Å². The van der Waals surface area contributed by atoms with E-state index in [0.717, 1.165) is 11.3 Å². The average Bonchev–Trinajstić information content (AvgIpc) is 3.26. The summed E-state index contributed by atoms with van der Waals surface area (Å²) in [5, 5.41) is 4.25. The molecule has 0 atom stereocenters. The summed E-state index contributed by atoms with van der Waals surface area (Å²) in [6.45, 7) is 0.0699. The lowest BCUT2D eigenvalue weighted by atomic mass is 10.4. The van der Waals surface area contributed by atoms with E-state index in [0.29, 0.717) is 27.6 Å². The van der Waals surface area contributed by atoms with E-state index < -0.39 is 15.9 Å². The minimum atomic E-state index is -4.10. The van der Waals surface area contributed by atoms with Crippen LogP contribution in [0.15, 0.2) is 27.6 Å². The SMILES string of the molecule is Nc1nc2c(sc(=O)n2CCCS(=O)(=O)O)c2nc(-c3ccco3)nn12. The summed E-state index contributed by atoms with van der Waals surface area (Å²) in [5.74, 6) is 0.317. The lowest BCUT2D eigenvalue weighted by Crippen LogP contribution is -2.16. The second kappa shape index (κ2) is 5.89. The Morgan fingerprint density at radius 3 is 2.81 bits per heavy atom. The lowest BCUT2D eigenvalue weighted by molar-refractivity contribution is 0.478. The van der Waals surface area contributed by atoms with Gasteiger partial charge in [0.2, 0.25) is 11.8 Å². The highest BCUT2D eigenvalue weighted by atomic mass is 32.2. The molecule has 13 heteroatoms. The summed E-state index contributed by atoms with van der Waals surface area (Å²) >= 11 is 0.909. The zero-order valence-corrected chi connectivity index (χ0v) is 14.7. The molecule has 4 aromatic rings. The number of aryl methyl sites for hydroxylation is 1. The quantitative estimate of drug-likeness (QED) is 0.461. The van der Waals surface area contributed by atoms with E-state index in [1.54, 1.807) is 12.1 Å². The Morgan fingerprint density at radius 2 is 2.12 bits per heavy atom. The summed E-state index contributed by atoms with van der Waals surface area (Å²) in [4.78, 5) is 20.5. The number of nitrogens with zero attached hydrogens (tertiary/aromatic N) is 5. The fourth-order valence-corrected chi connectivity index (χ4v) is 3.97. The summed E-state index contributed by atoms with van der Waals surface area (Å²) in [6, 6.07) is 3.39. The zero-order valence-electron chi connectivity index (χ0n) is 13.1. The third-order valence-corrected chi connectivity index (χ3v) is 5.41. The molecule has 4 rings (SSSR count). The molecular formula is C13H12N6O5S2. The fourth-order valence-electron chi connectivity index (χ4n) is 2.54. The number of anilines is 1. The van der Waals surface area contributed by atoms with Crippen LogP contribution in [-0.2, 0) is 16.7 Å². The molecule has 0 bridgehead atoms. The maximum absolute atomic E-state index is 12.3. The van der Waals surface area contributed by atoms with Gasteiger partial charge in [0.1, 0.15) is 4.70 Å². The van der Waals surface area contributed by atoms with Crippen molar-refractivity contribution in [2.45, 2.75) is 13.0 Å². The predicted molar refractivity (Wildman–Crippen MR) is 93.6 cm³/mol. The first kappa shape index (κ1) is 16.7. The highest BCUT2D eigenvalue weighted by Crippen LogP contribution is 2.25. The normalized spacial score (nSPS) is 12.3. The Labute approximate surface area is 149 Å². The number of thiazole rings is 1. The molecule has 4 heterocycles. The number of hydrogen-bond donors (Lipinski definition) is 2. The van der Waals surface area contributed by atoms with Crippen molar-refractivity contribution in [3.8, 4) is 11.6 Å². The van der Waals surface area contributed by atoms with Crippen molar-refractivity contribution in [3.63, 3.8) is 0 Å². The van der Waals surface area contributed by atoms with Gasteiger partial charge in [-0.15, -0.1) is 5.10 Å². The molecule has 4 aromatic heterocycles. The smallest absolute Gasteiger partial charge is 0.309 e. The van der Waals surface area contributed by atoms with Crippen LogP contribution in [0.25, 0.3) is 27.6 Å². The summed E-state index contributed by atoms with van der Waals surface area (Å²) in [6.07, 6.45) is 1.55. The first-order chi connectivity index (χ1) is 12.3. The number of nitrogens with two attached hydrogens (primary N) is 1. The van der Waals surface area contributed by atoms with Crippen LogP contribution in [0.4, 0.5) is 5.95 Å². The topological polar surface area (TPSA) is 159 Å². The van der Waals surface area contributed by atoms with Crippen LogP contribution in [0.3, 0.4) is 0 Å². The highest BCUT2D eigenvalue weighted by molar-refractivity contribution is 7.85. The summed E-state index contributed by atoms with van der Waals surface area (Å²) in [7, 11) is -4.10. The molecule has 136 valence electrons. The van der Waals surface area contributed by atoms with Crippen molar-refractivity contribution in [1.82, 2.24) is 24.1 Å². The second-order valence-corrected chi connectivity index (χ2v) is 7.96. The van der Waals surface area contributed by atoms with Gasteiger partial charge in [0.25, 0.3) is 10.1 Å². The molecule has 0 saturated carbocycles. The van der Waals surface area contributed by atoms with Gasteiger partial charge in [0.05, 0.1) is 12.0 Å². The molecule has 3 N–H and O–H groups in total. The summed E-state index contributed by atoms with van der Waals surface area (Å²) < 4.78 is 38.9. The van der Waals surface area contributed by atoms with Gasteiger partial charge < -0.3 is 10.2 Å². The molecule has 0 amide bonds. The minimum Gasteiger partial charge on any atom is -0.461 e. The maximum atomic E-state index is 12.3. The summed E-state index contributed by atoms with van der Waals surface area (Å²) in [5.41, 5.74) is 6.58. The molecule has 0 fully saturated rings. The van der Waals surface area contributed by atoms with E-state index in [9.17, 15) is 13.2 Å². The first-order valence-electron chi connectivity index (χ1n) is 7.38. The number of furan rings is 1. The number of fused-ring (bicyclic) bond motifs is 3. The van der Waals surface area contributed by atoms with Crippen molar-refractivity contribution < 1.29 is 17.4 Å². The molecule has 0 radical (unpaired) electrons. The standard InChI is InChI=1S/C13H12N6O5S2/c14-12-16-10-8(25-13(20)18(10)4-2-6-26(21,22)23)11-15-9(17-19(11)12)7-3-1-5-24-7/h1,3,5H,2,4,6H2,(H2,14,16)(H,21,22,23). The van der Waals surface area contributed by atoms with E-state index in [2.05, 4.69) is 15.1 Å². The van der Waals surface area contributed by atoms with Crippen LogP contribution in [0.1, 0.15) is 6.42 Å². The zero-order chi connectivity index (χ0) is 18.5. The molecule has 26 heavy (non-hydrogen) atoms. The van der Waals surface area contributed by atoms with Gasteiger partial charge in [0, 0.05) is 6.54 Å². The van der Waals surface area contributed by atoms with Crippen molar-refractivity contribution >= 4 is 43.4 Å². The van der Waals surface area contributed by atoms with Crippen molar-refractivity contribution in [2.24, 2.45) is 0 Å². The van der Waals surface area contributed by atoms with Gasteiger partial charge in [-0.25, -0.2) is 4.98 Å². The minimum absolute atomic E-state index is 0.0270. The van der Waals surface area contributed by atoms with E-state index in [4.69, 9.17) is 14.7 Å². The fraction of sp³-hybridized carbons (Fsp3) is 0.231. The van der Waals surface area contributed by atoms with Gasteiger partial charge in [-0.2, -0.15) is 17.9 Å². The van der Waals surface area contributed by atoms with E-state index in [-0.39, 0.29) is 23.8 Å². The Bertz CT molecular complexity index is 1270. The van der Waals surface area contributed by atoms with E-state index in [1.807, 2.05) is 0 Å². The van der Waals surface area contributed by atoms with Gasteiger partial charge in [0.15, 0.2) is 17.1 Å². The molecule has 0 spiro atoms. The van der Waals surface area contributed by atoms with Crippen LogP contribution in [-0.4, -0.2) is 42.9 Å². The van der Waals surface area contributed by atoms with Gasteiger partial charge in [-0.1, -0.05) is 11.3 Å². The first-order valence-corrected chi connectivity index (χ1v) is 9.81. The average molecular weight is 396 g/mol. The molecule has 11 nitrogen and oxygen atoms in total. The van der Waals surface area contributed by atoms with Crippen molar-refractivity contribution in [3.05, 3.63) is 28.1 Å². The van der Waals surface area contributed by atoms with Crippen LogP contribution >= 0.6 is 11.3 Å². The van der Waals surface area contributed by atoms with Gasteiger partial charge in [-0.3, -0.25) is 13.9 Å². The van der Waals surface area contributed by atoms with Gasteiger partial charge in [-0.05, 0) is 18.6 Å². The van der Waals surface area contributed by atoms with Crippen LogP contribution in [0.2, 0.25) is 0 Å². The Kier molecular flexibility index (Phi) is 3.78. The van der Waals surface area contributed by atoms with Crippen molar-refractivity contribution in [1.29, 1.82) is 0 Å². The molecular weight excluding hydrogens is 384 g/mol. The van der Waals surface area contributed by atoms with Gasteiger partial charge >= 0.3 is 4.87 Å². The van der Waals surface area contributed by atoms with E-state index in [1.165, 1.54) is 15.3 Å². The maximum Gasteiger partial charge on any atom is 0.309 e. The highest BCUT2D eigenvalue weighted by Gasteiger charge is 2.19. The second-order valence-electron chi connectivity index (χ2n) is 5.43. The van der Waals surface area contributed by atoms with Crippen LogP contribution in [0.5, 0.6) is 0 Å². The van der Waals surface area contributed by atoms with Crippen molar-refractivity contribution in [2.75, 3.05) is 11.5 Å². The third kappa shape index (κ3) is 2.85. The molecule has 0 aliphatic heterocycles. The Hall–Kier alpha value is -2.77. The Balaban J connectivity index is 1.84. The van der Waals surface area contributed by atoms with Crippen LogP contribution in [0, 0.1) is 0 Å². The number of aromatic nitrogens is 5. The number of nitrogen functional groups attached to an aromatic ring is 1. The molecule has 0 saturated heterocycles.